The van der Waals surface area contributed by atoms with Crippen molar-refractivity contribution in [2.24, 2.45) is 5.41 Å². The molecule has 0 bridgehead atoms. The van der Waals surface area contributed by atoms with Crippen LogP contribution in [-0.2, 0) is 23.0 Å². The first kappa shape index (κ1) is 27.4. The zero-order valence-corrected chi connectivity index (χ0v) is 24.6. The van der Waals surface area contributed by atoms with Crippen LogP contribution < -0.4 is 10.2 Å². The summed E-state index contributed by atoms with van der Waals surface area (Å²) >= 11 is 3.63. The Morgan fingerprint density at radius 3 is 2.63 bits per heavy atom. The fraction of sp³-hybridized carbons (Fsp3) is 0.483. The maximum atomic E-state index is 14.2. The van der Waals surface area contributed by atoms with Crippen LogP contribution in [0, 0.1) is 5.41 Å². The summed E-state index contributed by atoms with van der Waals surface area (Å²) in [4.78, 5) is 9.85. The molecule has 0 aliphatic carbocycles. The minimum Gasteiger partial charge on any atom is -0.361 e. The Morgan fingerprint density at radius 1 is 1.16 bits per heavy atom. The molecule has 1 fully saturated rings. The Morgan fingerprint density at radius 2 is 1.92 bits per heavy atom. The van der Waals surface area contributed by atoms with Crippen LogP contribution in [0.4, 0.5) is 5.69 Å². The van der Waals surface area contributed by atoms with Crippen molar-refractivity contribution in [1.29, 1.82) is 0 Å². The number of H-pyrrole nitrogens is 1. The van der Waals surface area contributed by atoms with Gasteiger partial charge in [0.1, 0.15) is 0 Å². The Bertz CT molecular complexity index is 1310. The lowest BCUT2D eigenvalue weighted by Crippen LogP contribution is -2.47. The average Bonchev–Trinajstić information content (AvgIpc) is 3.40. The van der Waals surface area contributed by atoms with Crippen LogP contribution in [0.5, 0.6) is 0 Å². The molecule has 2 aliphatic rings. The van der Waals surface area contributed by atoms with Gasteiger partial charge in [0.05, 0.1) is 30.0 Å². The van der Waals surface area contributed by atoms with E-state index in [2.05, 4.69) is 74.2 Å². The number of nitrogens with zero attached hydrogens (tertiary/aromatic N) is 3. The van der Waals surface area contributed by atoms with Crippen LogP contribution >= 0.6 is 15.9 Å². The summed E-state index contributed by atoms with van der Waals surface area (Å²) in [6.07, 6.45) is 6.93. The summed E-state index contributed by atoms with van der Waals surface area (Å²) in [5, 5.41) is 3.41. The summed E-state index contributed by atoms with van der Waals surface area (Å²) in [7, 11) is -3.52. The molecule has 7 nitrogen and oxygen atoms in total. The van der Waals surface area contributed by atoms with Crippen LogP contribution in [0.2, 0.25) is 0 Å². The molecule has 1 aromatic heterocycles. The number of fused-ring (bicyclic) bond motifs is 1. The van der Waals surface area contributed by atoms with Gasteiger partial charge in [-0.2, -0.15) is 4.31 Å². The normalized spacial score (nSPS) is 21.0. The molecular weight excluding hydrogens is 562 g/mol. The van der Waals surface area contributed by atoms with Crippen molar-refractivity contribution in [1.82, 2.24) is 19.6 Å². The maximum absolute atomic E-state index is 14.2. The van der Waals surface area contributed by atoms with Crippen molar-refractivity contribution in [2.75, 3.05) is 30.3 Å². The van der Waals surface area contributed by atoms with Gasteiger partial charge in [0.25, 0.3) is 0 Å². The molecule has 204 valence electrons. The van der Waals surface area contributed by atoms with Gasteiger partial charge in [-0.15, -0.1) is 0 Å². The molecule has 0 amide bonds. The predicted octanol–water partition coefficient (Wildman–Crippen LogP) is 5.28. The van der Waals surface area contributed by atoms with Gasteiger partial charge in [-0.05, 0) is 80.4 Å². The Kier molecular flexibility index (Phi) is 8.28. The van der Waals surface area contributed by atoms with Gasteiger partial charge in [0.15, 0.2) is 0 Å². The number of benzene rings is 2. The summed E-state index contributed by atoms with van der Waals surface area (Å²) in [5.41, 5.74) is 4.28. The number of piperidine rings is 1. The van der Waals surface area contributed by atoms with Crippen molar-refractivity contribution < 1.29 is 8.42 Å². The highest BCUT2D eigenvalue weighted by atomic mass is 79.9. The predicted molar refractivity (Wildman–Crippen MR) is 157 cm³/mol. The second-order valence-corrected chi connectivity index (χ2v) is 14.1. The minimum atomic E-state index is -3.52. The van der Waals surface area contributed by atoms with E-state index in [1.54, 1.807) is 10.6 Å². The highest BCUT2D eigenvalue weighted by Crippen LogP contribution is 2.38. The van der Waals surface area contributed by atoms with Gasteiger partial charge in [0.2, 0.25) is 10.0 Å². The second-order valence-electron chi connectivity index (χ2n) is 11.1. The summed E-state index contributed by atoms with van der Waals surface area (Å²) < 4.78 is 31.1. The van der Waals surface area contributed by atoms with Crippen molar-refractivity contribution in [3.8, 4) is 0 Å². The Balaban J connectivity index is 1.52. The van der Waals surface area contributed by atoms with Crippen molar-refractivity contribution in [2.45, 2.75) is 58.2 Å². The molecule has 3 aromatic rings. The zero-order chi connectivity index (χ0) is 26.8. The lowest BCUT2D eigenvalue weighted by atomic mass is 9.79. The molecule has 1 saturated heterocycles. The quantitative estimate of drug-likeness (QED) is 0.368. The number of halogens is 1. The molecule has 3 heterocycles. The average molecular weight is 601 g/mol. The van der Waals surface area contributed by atoms with Gasteiger partial charge in [0, 0.05) is 29.3 Å². The molecular formula is C29H38BrN5O2S. The van der Waals surface area contributed by atoms with E-state index >= 15 is 0 Å². The lowest BCUT2D eigenvalue weighted by molar-refractivity contribution is 0.219. The highest BCUT2D eigenvalue weighted by molar-refractivity contribution is 9.10. The minimum absolute atomic E-state index is 0.00648. The van der Waals surface area contributed by atoms with E-state index in [9.17, 15) is 8.42 Å². The number of aromatic amines is 1. The van der Waals surface area contributed by atoms with Crippen LogP contribution in [0.1, 0.15) is 56.0 Å². The molecule has 2 atom stereocenters. The molecule has 5 rings (SSSR count). The fourth-order valence-electron chi connectivity index (χ4n) is 5.86. The number of hydrogen-bond acceptors (Lipinski definition) is 5. The first-order chi connectivity index (χ1) is 18.2. The van der Waals surface area contributed by atoms with E-state index < -0.39 is 10.0 Å². The second kappa shape index (κ2) is 11.5. The molecule has 0 radical (unpaired) electrons. The smallest absolute Gasteiger partial charge is 0.214 e. The third-order valence-electron chi connectivity index (χ3n) is 8.37. The number of hydrogen-bond donors (Lipinski definition) is 2. The van der Waals surface area contributed by atoms with Crippen molar-refractivity contribution >= 4 is 31.6 Å². The van der Waals surface area contributed by atoms with E-state index in [4.69, 9.17) is 0 Å². The number of sulfonamides is 1. The standard InChI is InChI=1S/C29H38BrN5O2S/c1-22(27-18-32-21-33-27)34-20-26(16-23-6-4-3-5-7-23)35(19-24-17-25(30)8-9-28(24)34)38(36,37)15-12-29(2)10-13-31-14-11-29/h3-9,17-18,21-22,26,31H,10-16,19-20H2,1-2H3,(H,32,33)/t22?,26-/m1/s1. The molecule has 2 aromatic carbocycles. The molecule has 0 spiro atoms. The summed E-state index contributed by atoms with van der Waals surface area (Å²) in [6, 6.07) is 16.3. The largest absolute Gasteiger partial charge is 0.361 e. The molecule has 38 heavy (non-hydrogen) atoms. The summed E-state index contributed by atoms with van der Waals surface area (Å²) in [6.45, 7) is 7.26. The van der Waals surface area contributed by atoms with E-state index in [1.165, 1.54) is 0 Å². The number of nitrogens with one attached hydrogen (secondary N) is 2. The van der Waals surface area contributed by atoms with Gasteiger partial charge >= 0.3 is 0 Å². The molecule has 9 heteroatoms. The van der Waals surface area contributed by atoms with Gasteiger partial charge in [-0.25, -0.2) is 13.4 Å². The first-order valence-corrected chi connectivity index (χ1v) is 15.9. The van der Waals surface area contributed by atoms with Crippen LogP contribution in [0.3, 0.4) is 0 Å². The van der Waals surface area contributed by atoms with Crippen LogP contribution in [-0.4, -0.2) is 54.1 Å². The van der Waals surface area contributed by atoms with Crippen LogP contribution in [0.15, 0.2) is 65.5 Å². The van der Waals surface area contributed by atoms with Gasteiger partial charge < -0.3 is 15.2 Å². The topological polar surface area (TPSA) is 81.3 Å². The van der Waals surface area contributed by atoms with Crippen molar-refractivity contribution in [3.05, 3.63) is 82.3 Å². The van der Waals surface area contributed by atoms with E-state index in [0.717, 1.165) is 52.9 Å². The van der Waals surface area contributed by atoms with E-state index in [-0.39, 0.29) is 23.3 Å². The molecule has 1 unspecified atom stereocenters. The highest BCUT2D eigenvalue weighted by Gasteiger charge is 2.38. The van der Waals surface area contributed by atoms with E-state index in [0.29, 0.717) is 25.9 Å². The van der Waals surface area contributed by atoms with Gasteiger partial charge in [-0.1, -0.05) is 53.2 Å². The van der Waals surface area contributed by atoms with Gasteiger partial charge in [-0.3, -0.25) is 0 Å². The third kappa shape index (κ3) is 6.17. The van der Waals surface area contributed by atoms with Crippen LogP contribution in [0.25, 0.3) is 0 Å². The molecule has 0 saturated carbocycles. The lowest BCUT2D eigenvalue weighted by Gasteiger charge is -2.37. The SMILES string of the molecule is CC(c1cnc[nH]1)N1C[C@@H](Cc2ccccc2)N(S(=O)(=O)CCC2(C)CCNCC2)Cc2cc(Br)ccc21. The number of imidazole rings is 1. The number of anilines is 1. The number of aromatic nitrogens is 2. The van der Waals surface area contributed by atoms with E-state index in [1.807, 2.05) is 30.5 Å². The third-order valence-corrected chi connectivity index (χ3v) is 10.7. The fourth-order valence-corrected chi connectivity index (χ4v) is 8.18. The molecule has 2 aliphatic heterocycles. The monoisotopic (exact) mass is 599 g/mol. The molecule has 2 N–H and O–H groups in total. The Hall–Kier alpha value is -2.20. The summed E-state index contributed by atoms with van der Waals surface area (Å²) in [5.74, 6) is 0.175. The number of rotatable bonds is 8. The first-order valence-electron chi connectivity index (χ1n) is 13.5. The zero-order valence-electron chi connectivity index (χ0n) is 22.2. The van der Waals surface area contributed by atoms with Crippen molar-refractivity contribution in [3.63, 3.8) is 0 Å². The Labute approximate surface area is 235 Å². The maximum Gasteiger partial charge on any atom is 0.214 e.